The largest absolute Gasteiger partial charge is 0.347 e. The van der Waals surface area contributed by atoms with Crippen molar-refractivity contribution in [2.45, 2.75) is 44.7 Å². The second-order valence-corrected chi connectivity index (χ2v) is 5.42. The van der Waals surface area contributed by atoms with E-state index in [1.807, 2.05) is 25.2 Å². The van der Waals surface area contributed by atoms with Crippen LogP contribution in [0.5, 0.6) is 0 Å². The Morgan fingerprint density at radius 2 is 2.24 bits per heavy atom. The fraction of sp³-hybridized carbons (Fsp3) is 0.533. The van der Waals surface area contributed by atoms with E-state index >= 15 is 0 Å². The molecule has 0 radical (unpaired) electrons. The second-order valence-electron chi connectivity index (χ2n) is 5.42. The molecule has 0 aromatic heterocycles. The number of allylic oxidation sites excluding steroid dienone is 2. The average Bonchev–Trinajstić information content (AvgIpc) is 2.65. The van der Waals surface area contributed by atoms with E-state index in [-0.39, 0.29) is 18.0 Å². The van der Waals surface area contributed by atoms with E-state index in [9.17, 15) is 14.4 Å². The maximum atomic E-state index is 12.3. The quantitative estimate of drug-likeness (QED) is 0.764. The van der Waals surface area contributed by atoms with Crippen LogP contribution in [0.4, 0.5) is 4.79 Å². The molecule has 0 aromatic rings. The minimum absolute atomic E-state index is 0.0882. The van der Waals surface area contributed by atoms with Crippen molar-refractivity contribution >= 4 is 18.3 Å². The SMILES string of the molecule is CC1=CCC(NC(=O)N2CCCC[C@H](NC=O)C2=O)C=C1. The molecule has 6 nitrogen and oxygen atoms in total. The number of nitrogens with zero attached hydrogens (tertiary/aromatic N) is 1. The van der Waals surface area contributed by atoms with Gasteiger partial charge in [0.2, 0.25) is 6.41 Å². The molecular formula is C15H21N3O3. The molecule has 0 spiro atoms. The molecule has 6 heteroatoms. The Bertz CT molecular complexity index is 485. The number of nitrogens with one attached hydrogen (secondary N) is 2. The normalized spacial score (nSPS) is 25.9. The molecule has 2 atom stereocenters. The Balaban J connectivity index is 1.98. The summed E-state index contributed by atoms with van der Waals surface area (Å²) in [5.41, 5.74) is 1.17. The third-order valence-electron chi connectivity index (χ3n) is 3.80. The second kappa shape index (κ2) is 7.06. The van der Waals surface area contributed by atoms with Crippen LogP contribution in [0.3, 0.4) is 0 Å². The van der Waals surface area contributed by atoms with Crippen molar-refractivity contribution in [3.63, 3.8) is 0 Å². The fourth-order valence-corrected chi connectivity index (χ4v) is 2.55. The smallest absolute Gasteiger partial charge is 0.324 e. The Kier molecular flexibility index (Phi) is 5.14. The average molecular weight is 291 g/mol. The first kappa shape index (κ1) is 15.3. The monoisotopic (exact) mass is 291 g/mol. The molecule has 0 bridgehead atoms. The molecule has 1 unspecified atom stereocenters. The number of amides is 4. The van der Waals surface area contributed by atoms with Crippen LogP contribution < -0.4 is 10.6 Å². The van der Waals surface area contributed by atoms with Crippen LogP contribution in [-0.2, 0) is 9.59 Å². The summed E-state index contributed by atoms with van der Waals surface area (Å²) >= 11 is 0. The van der Waals surface area contributed by atoms with Crippen molar-refractivity contribution in [2.75, 3.05) is 6.54 Å². The Morgan fingerprint density at radius 1 is 1.43 bits per heavy atom. The van der Waals surface area contributed by atoms with Gasteiger partial charge in [-0.2, -0.15) is 0 Å². The lowest BCUT2D eigenvalue weighted by Gasteiger charge is -2.25. The molecular weight excluding hydrogens is 270 g/mol. The number of carbonyl (C=O) groups is 3. The fourth-order valence-electron chi connectivity index (χ4n) is 2.55. The van der Waals surface area contributed by atoms with Crippen LogP contribution in [0, 0.1) is 0 Å². The van der Waals surface area contributed by atoms with Crippen LogP contribution in [0.1, 0.15) is 32.6 Å². The van der Waals surface area contributed by atoms with E-state index in [1.165, 1.54) is 10.5 Å². The maximum absolute atomic E-state index is 12.3. The number of carbonyl (C=O) groups excluding carboxylic acids is 3. The number of hydrogen-bond acceptors (Lipinski definition) is 3. The van der Waals surface area contributed by atoms with Crippen LogP contribution in [-0.4, -0.2) is 41.9 Å². The minimum Gasteiger partial charge on any atom is -0.347 e. The Labute approximate surface area is 124 Å². The predicted octanol–water partition coefficient (Wildman–Crippen LogP) is 1.10. The molecule has 0 saturated carbocycles. The summed E-state index contributed by atoms with van der Waals surface area (Å²) in [6.45, 7) is 2.40. The highest BCUT2D eigenvalue weighted by Crippen LogP contribution is 2.14. The van der Waals surface area contributed by atoms with E-state index in [1.54, 1.807) is 0 Å². The van der Waals surface area contributed by atoms with Gasteiger partial charge in [-0.1, -0.05) is 23.8 Å². The van der Waals surface area contributed by atoms with Crippen LogP contribution in [0.2, 0.25) is 0 Å². The lowest BCUT2D eigenvalue weighted by molar-refractivity contribution is -0.131. The van der Waals surface area contributed by atoms with Gasteiger partial charge in [0.05, 0.1) is 6.04 Å². The summed E-state index contributed by atoms with van der Waals surface area (Å²) in [5.74, 6) is -0.330. The Hall–Kier alpha value is -2.11. The van der Waals surface area contributed by atoms with Gasteiger partial charge in [-0.25, -0.2) is 4.79 Å². The highest BCUT2D eigenvalue weighted by molar-refractivity contribution is 5.98. The molecule has 0 aromatic carbocycles. The number of rotatable bonds is 3. The standard InChI is InChI=1S/C15H21N3O3/c1-11-5-7-12(8-6-11)17-15(21)18-9-3-2-4-13(14(18)20)16-10-19/h5-7,10,12-13H,2-4,8-9H2,1H3,(H,16,19)(H,17,21)/t12?,13-/m0/s1. The number of imide groups is 1. The topological polar surface area (TPSA) is 78.5 Å². The van der Waals surface area contributed by atoms with Crippen LogP contribution >= 0.6 is 0 Å². The van der Waals surface area contributed by atoms with E-state index in [4.69, 9.17) is 0 Å². The molecule has 1 aliphatic heterocycles. The molecule has 1 fully saturated rings. The number of hydrogen-bond donors (Lipinski definition) is 2. The van der Waals surface area contributed by atoms with Crippen molar-refractivity contribution in [1.29, 1.82) is 0 Å². The molecule has 1 heterocycles. The molecule has 1 saturated heterocycles. The molecule has 2 N–H and O–H groups in total. The predicted molar refractivity (Wildman–Crippen MR) is 78.4 cm³/mol. The lowest BCUT2D eigenvalue weighted by Crippen LogP contribution is -2.52. The molecule has 4 amide bonds. The van der Waals surface area contributed by atoms with Gasteiger partial charge < -0.3 is 10.6 Å². The van der Waals surface area contributed by atoms with Gasteiger partial charge >= 0.3 is 6.03 Å². The third kappa shape index (κ3) is 3.93. The van der Waals surface area contributed by atoms with Gasteiger partial charge in [0.15, 0.2) is 0 Å². The molecule has 21 heavy (non-hydrogen) atoms. The summed E-state index contributed by atoms with van der Waals surface area (Å²) in [4.78, 5) is 36.3. The first-order valence-corrected chi connectivity index (χ1v) is 7.28. The van der Waals surface area contributed by atoms with Crippen LogP contribution in [0.25, 0.3) is 0 Å². The summed E-state index contributed by atoms with van der Waals surface area (Å²) in [7, 11) is 0. The maximum Gasteiger partial charge on any atom is 0.324 e. The highest BCUT2D eigenvalue weighted by Gasteiger charge is 2.31. The van der Waals surface area contributed by atoms with Crippen molar-refractivity contribution in [3.05, 3.63) is 23.8 Å². The first-order valence-electron chi connectivity index (χ1n) is 7.28. The van der Waals surface area contributed by atoms with Crippen LogP contribution in [0.15, 0.2) is 23.8 Å². The van der Waals surface area contributed by atoms with E-state index in [0.29, 0.717) is 19.4 Å². The summed E-state index contributed by atoms with van der Waals surface area (Å²) in [5, 5.41) is 5.34. The van der Waals surface area contributed by atoms with Crippen molar-refractivity contribution in [1.82, 2.24) is 15.5 Å². The van der Waals surface area contributed by atoms with Gasteiger partial charge in [0.1, 0.15) is 6.04 Å². The van der Waals surface area contributed by atoms with Crippen molar-refractivity contribution in [2.24, 2.45) is 0 Å². The summed E-state index contributed by atoms with van der Waals surface area (Å²) < 4.78 is 0. The van der Waals surface area contributed by atoms with Gasteiger partial charge in [0.25, 0.3) is 5.91 Å². The Morgan fingerprint density at radius 3 is 2.90 bits per heavy atom. The zero-order chi connectivity index (χ0) is 15.2. The van der Waals surface area contributed by atoms with Crippen molar-refractivity contribution < 1.29 is 14.4 Å². The van der Waals surface area contributed by atoms with Crippen molar-refractivity contribution in [3.8, 4) is 0 Å². The summed E-state index contributed by atoms with van der Waals surface area (Å²) in [6.07, 6.45) is 9.32. The number of urea groups is 1. The first-order chi connectivity index (χ1) is 10.1. The molecule has 114 valence electrons. The lowest BCUT2D eigenvalue weighted by atomic mass is 10.0. The van der Waals surface area contributed by atoms with Gasteiger partial charge in [-0.3, -0.25) is 14.5 Å². The van der Waals surface area contributed by atoms with Gasteiger partial charge in [-0.15, -0.1) is 0 Å². The molecule has 1 aliphatic carbocycles. The minimum atomic E-state index is -0.597. The van der Waals surface area contributed by atoms with Gasteiger partial charge in [-0.05, 0) is 32.6 Å². The van der Waals surface area contributed by atoms with Gasteiger partial charge in [0, 0.05) is 6.54 Å². The highest BCUT2D eigenvalue weighted by atomic mass is 16.2. The third-order valence-corrected chi connectivity index (χ3v) is 3.80. The zero-order valence-corrected chi connectivity index (χ0v) is 12.2. The van der Waals surface area contributed by atoms with E-state index < -0.39 is 6.04 Å². The number of likely N-dealkylation sites (tertiary alicyclic amines) is 1. The summed E-state index contributed by atoms with van der Waals surface area (Å²) in [6, 6.07) is -1.07. The van der Waals surface area contributed by atoms with E-state index in [2.05, 4.69) is 10.6 Å². The van der Waals surface area contributed by atoms with E-state index in [0.717, 1.165) is 19.3 Å². The zero-order valence-electron chi connectivity index (χ0n) is 12.2. The molecule has 2 aliphatic rings. The molecule has 2 rings (SSSR count).